The predicted molar refractivity (Wildman–Crippen MR) is 79.8 cm³/mol. The predicted octanol–water partition coefficient (Wildman–Crippen LogP) is 2.80. The Hall–Kier alpha value is -1.35. The second-order valence-electron chi connectivity index (χ2n) is 6.22. The van der Waals surface area contributed by atoms with E-state index in [0.717, 1.165) is 5.56 Å². The van der Waals surface area contributed by atoms with Gasteiger partial charge in [-0.15, -0.1) is 0 Å². The molecule has 0 aliphatic heterocycles. The van der Waals surface area contributed by atoms with E-state index in [-0.39, 0.29) is 11.3 Å². The average Bonchev–Trinajstić information content (AvgIpc) is 2.36. The number of hydrogen-bond donors (Lipinski definition) is 2. The molecule has 0 fully saturated rings. The lowest BCUT2D eigenvalue weighted by atomic mass is 9.89. The highest BCUT2D eigenvalue weighted by Crippen LogP contribution is 2.18. The molecular weight excluding hydrogens is 236 g/mol. The van der Waals surface area contributed by atoms with Gasteiger partial charge in [-0.05, 0) is 29.0 Å². The van der Waals surface area contributed by atoms with Crippen LogP contribution in [0, 0.1) is 5.41 Å². The fourth-order valence-electron chi connectivity index (χ4n) is 1.79. The Balaban J connectivity index is 2.46. The lowest BCUT2D eigenvalue weighted by Gasteiger charge is -2.21. The third-order valence-corrected chi connectivity index (χ3v) is 3.33. The summed E-state index contributed by atoms with van der Waals surface area (Å²) in [6.45, 7) is 9.45. The Morgan fingerprint density at radius 3 is 2.32 bits per heavy atom. The van der Waals surface area contributed by atoms with E-state index in [4.69, 9.17) is 5.73 Å². The third kappa shape index (κ3) is 5.43. The van der Waals surface area contributed by atoms with Gasteiger partial charge in [-0.2, -0.15) is 0 Å². The van der Waals surface area contributed by atoms with Gasteiger partial charge in [0.15, 0.2) is 0 Å². The smallest absolute Gasteiger partial charge is 0.220 e. The largest absolute Gasteiger partial charge is 0.352 e. The first kappa shape index (κ1) is 15.7. The molecule has 3 N–H and O–H groups in total. The first-order valence-corrected chi connectivity index (χ1v) is 6.89. The molecular formula is C16H26N2O. The summed E-state index contributed by atoms with van der Waals surface area (Å²) in [5.41, 5.74) is 7.94. The summed E-state index contributed by atoms with van der Waals surface area (Å²) in [6, 6.07) is 8.39. The van der Waals surface area contributed by atoms with E-state index in [9.17, 15) is 4.79 Å². The van der Waals surface area contributed by atoms with Crippen molar-refractivity contribution in [2.75, 3.05) is 6.54 Å². The Bertz CT molecular complexity index is 407. The van der Waals surface area contributed by atoms with Gasteiger partial charge in [-0.3, -0.25) is 4.79 Å². The van der Waals surface area contributed by atoms with Gasteiger partial charge in [0, 0.05) is 13.0 Å². The SMILES string of the molecule is CC(C)c1ccc(CNC(=O)CC(C)(C)CN)cc1. The van der Waals surface area contributed by atoms with Crippen molar-refractivity contribution in [1.82, 2.24) is 5.32 Å². The number of carbonyl (C=O) groups is 1. The number of benzene rings is 1. The van der Waals surface area contributed by atoms with Crippen LogP contribution < -0.4 is 11.1 Å². The normalized spacial score (nSPS) is 11.7. The van der Waals surface area contributed by atoms with Gasteiger partial charge in [0.25, 0.3) is 0 Å². The molecule has 19 heavy (non-hydrogen) atoms. The number of carbonyl (C=O) groups excluding carboxylic acids is 1. The molecule has 1 rings (SSSR count). The van der Waals surface area contributed by atoms with E-state index >= 15 is 0 Å². The van der Waals surface area contributed by atoms with Crippen LogP contribution in [0.3, 0.4) is 0 Å². The van der Waals surface area contributed by atoms with Crippen molar-refractivity contribution in [1.29, 1.82) is 0 Å². The van der Waals surface area contributed by atoms with Gasteiger partial charge in [0.2, 0.25) is 5.91 Å². The van der Waals surface area contributed by atoms with Gasteiger partial charge in [-0.1, -0.05) is 52.0 Å². The van der Waals surface area contributed by atoms with Crippen LogP contribution in [-0.2, 0) is 11.3 Å². The van der Waals surface area contributed by atoms with Crippen molar-refractivity contribution in [3.8, 4) is 0 Å². The lowest BCUT2D eigenvalue weighted by molar-refractivity contribution is -0.123. The zero-order valence-corrected chi connectivity index (χ0v) is 12.5. The minimum absolute atomic E-state index is 0.0587. The summed E-state index contributed by atoms with van der Waals surface area (Å²) >= 11 is 0. The van der Waals surface area contributed by atoms with Crippen LogP contribution in [0.15, 0.2) is 24.3 Å². The van der Waals surface area contributed by atoms with E-state index in [1.54, 1.807) is 0 Å². The van der Waals surface area contributed by atoms with Crippen molar-refractivity contribution in [2.45, 2.75) is 46.6 Å². The Morgan fingerprint density at radius 2 is 1.84 bits per heavy atom. The molecule has 0 spiro atoms. The zero-order chi connectivity index (χ0) is 14.5. The second kappa shape index (κ2) is 6.71. The van der Waals surface area contributed by atoms with Crippen LogP contribution in [0.25, 0.3) is 0 Å². The highest BCUT2D eigenvalue weighted by atomic mass is 16.1. The van der Waals surface area contributed by atoms with Crippen LogP contribution in [0.1, 0.15) is 51.2 Å². The van der Waals surface area contributed by atoms with E-state index in [2.05, 4.69) is 43.4 Å². The number of hydrogen-bond acceptors (Lipinski definition) is 2. The van der Waals surface area contributed by atoms with Crippen LogP contribution >= 0.6 is 0 Å². The van der Waals surface area contributed by atoms with E-state index in [0.29, 0.717) is 25.4 Å². The van der Waals surface area contributed by atoms with Crippen LogP contribution in [0.5, 0.6) is 0 Å². The molecule has 3 nitrogen and oxygen atoms in total. The van der Waals surface area contributed by atoms with Crippen molar-refractivity contribution in [2.24, 2.45) is 11.1 Å². The molecule has 0 heterocycles. The van der Waals surface area contributed by atoms with Crippen LogP contribution in [0.2, 0.25) is 0 Å². The molecule has 0 aliphatic carbocycles. The maximum atomic E-state index is 11.8. The summed E-state index contributed by atoms with van der Waals surface area (Å²) < 4.78 is 0. The molecule has 0 saturated heterocycles. The van der Waals surface area contributed by atoms with Crippen molar-refractivity contribution >= 4 is 5.91 Å². The molecule has 1 amide bonds. The standard InChI is InChI=1S/C16H26N2O/c1-12(2)14-7-5-13(6-8-14)10-18-15(19)9-16(3,4)11-17/h5-8,12H,9-11,17H2,1-4H3,(H,18,19). The third-order valence-electron chi connectivity index (χ3n) is 3.33. The maximum absolute atomic E-state index is 11.8. The highest BCUT2D eigenvalue weighted by Gasteiger charge is 2.19. The van der Waals surface area contributed by atoms with Crippen molar-refractivity contribution < 1.29 is 4.79 Å². The molecule has 0 unspecified atom stereocenters. The molecule has 0 radical (unpaired) electrons. The molecule has 1 aromatic carbocycles. The first-order chi connectivity index (χ1) is 8.84. The average molecular weight is 262 g/mol. The summed E-state index contributed by atoms with van der Waals surface area (Å²) in [7, 11) is 0. The van der Waals surface area contributed by atoms with Gasteiger partial charge >= 0.3 is 0 Å². The summed E-state index contributed by atoms with van der Waals surface area (Å²) in [4.78, 5) is 11.8. The van der Waals surface area contributed by atoms with Gasteiger partial charge in [0.1, 0.15) is 0 Å². The molecule has 0 atom stereocenters. The van der Waals surface area contributed by atoms with Gasteiger partial charge < -0.3 is 11.1 Å². The minimum Gasteiger partial charge on any atom is -0.352 e. The minimum atomic E-state index is -0.133. The van der Waals surface area contributed by atoms with Crippen molar-refractivity contribution in [3.05, 3.63) is 35.4 Å². The molecule has 1 aromatic rings. The fourth-order valence-corrected chi connectivity index (χ4v) is 1.79. The van der Waals surface area contributed by atoms with Gasteiger partial charge in [-0.25, -0.2) is 0 Å². The van der Waals surface area contributed by atoms with Crippen molar-refractivity contribution in [3.63, 3.8) is 0 Å². The summed E-state index contributed by atoms with van der Waals surface area (Å²) in [5.74, 6) is 0.595. The monoisotopic (exact) mass is 262 g/mol. The molecule has 0 aromatic heterocycles. The Labute approximate surface area is 116 Å². The number of nitrogens with one attached hydrogen (secondary N) is 1. The number of amides is 1. The Morgan fingerprint density at radius 1 is 1.26 bits per heavy atom. The summed E-state index contributed by atoms with van der Waals surface area (Å²) in [5, 5.41) is 2.94. The highest BCUT2D eigenvalue weighted by molar-refractivity contribution is 5.76. The van der Waals surface area contributed by atoms with E-state index in [1.807, 2.05) is 13.8 Å². The second-order valence-corrected chi connectivity index (χ2v) is 6.22. The maximum Gasteiger partial charge on any atom is 0.220 e. The molecule has 3 heteroatoms. The van der Waals surface area contributed by atoms with E-state index < -0.39 is 0 Å². The van der Waals surface area contributed by atoms with Gasteiger partial charge in [0.05, 0.1) is 0 Å². The summed E-state index contributed by atoms with van der Waals surface area (Å²) in [6.07, 6.45) is 0.466. The Kier molecular flexibility index (Phi) is 5.55. The first-order valence-electron chi connectivity index (χ1n) is 6.89. The number of nitrogens with two attached hydrogens (primary N) is 1. The molecule has 0 aliphatic rings. The topological polar surface area (TPSA) is 55.1 Å². The quantitative estimate of drug-likeness (QED) is 0.828. The zero-order valence-electron chi connectivity index (χ0n) is 12.5. The lowest BCUT2D eigenvalue weighted by Crippen LogP contribution is -2.32. The van der Waals surface area contributed by atoms with Crippen LogP contribution in [-0.4, -0.2) is 12.5 Å². The fraction of sp³-hybridized carbons (Fsp3) is 0.562. The van der Waals surface area contributed by atoms with E-state index in [1.165, 1.54) is 5.56 Å². The van der Waals surface area contributed by atoms with Crippen LogP contribution in [0.4, 0.5) is 0 Å². The number of rotatable bonds is 6. The molecule has 0 saturated carbocycles. The molecule has 0 bridgehead atoms. The molecule has 106 valence electrons.